The number of amides is 1. The molecule has 0 aliphatic heterocycles. The maximum Gasteiger partial charge on any atom is 0.277 e. The summed E-state index contributed by atoms with van der Waals surface area (Å²) in [5, 5.41) is 10.9. The molecule has 0 radical (unpaired) electrons. The van der Waals surface area contributed by atoms with Crippen LogP contribution >= 0.6 is 11.6 Å². The van der Waals surface area contributed by atoms with E-state index in [1.165, 1.54) is 12.1 Å². The summed E-state index contributed by atoms with van der Waals surface area (Å²) in [6.07, 6.45) is 0.000627. The minimum Gasteiger partial charge on any atom is -0.325 e. The Morgan fingerprint density at radius 1 is 1.25 bits per heavy atom. The fourth-order valence-electron chi connectivity index (χ4n) is 2.18. The van der Waals surface area contributed by atoms with Gasteiger partial charge in [0.15, 0.2) is 0 Å². The normalized spacial score (nSPS) is 10.8. The van der Waals surface area contributed by atoms with E-state index < -0.39 is 5.82 Å². The fraction of sp³-hybridized carbons (Fsp3) is 0.125. The maximum atomic E-state index is 13.0. The molecule has 3 rings (SSSR count). The Labute approximate surface area is 140 Å². The second-order valence-corrected chi connectivity index (χ2v) is 5.46. The lowest BCUT2D eigenvalue weighted by Crippen LogP contribution is -2.26. The molecule has 8 heteroatoms. The zero-order chi connectivity index (χ0) is 17.1. The zero-order valence-corrected chi connectivity index (χ0v) is 13.1. The van der Waals surface area contributed by atoms with Gasteiger partial charge >= 0.3 is 0 Å². The van der Waals surface area contributed by atoms with Crippen LogP contribution in [-0.4, -0.2) is 20.9 Å². The van der Waals surface area contributed by atoms with Crippen molar-refractivity contribution in [1.82, 2.24) is 15.0 Å². The standard InChI is InChI=1S/C16H12ClFN4O2/c17-12-9-10(18)5-6-14(12)19-15(23)7-8-22-16(24)11-3-1-2-4-13(11)20-21-22/h1-6,9H,7-8H2,(H,19,23). The van der Waals surface area contributed by atoms with Crippen LogP contribution in [-0.2, 0) is 11.3 Å². The SMILES string of the molecule is O=C(CCn1nnc2ccccc2c1=O)Nc1ccc(F)cc1Cl. The summed E-state index contributed by atoms with van der Waals surface area (Å²) in [4.78, 5) is 24.2. The topological polar surface area (TPSA) is 76.9 Å². The van der Waals surface area contributed by atoms with Gasteiger partial charge in [-0.05, 0) is 30.3 Å². The molecule has 0 atom stereocenters. The Kier molecular flexibility index (Phi) is 4.52. The molecule has 6 nitrogen and oxygen atoms in total. The third-order valence-corrected chi connectivity index (χ3v) is 3.70. The Hall–Kier alpha value is -2.80. The summed E-state index contributed by atoms with van der Waals surface area (Å²) >= 11 is 5.85. The van der Waals surface area contributed by atoms with E-state index >= 15 is 0 Å². The Morgan fingerprint density at radius 3 is 2.83 bits per heavy atom. The molecule has 0 unspecified atom stereocenters. The van der Waals surface area contributed by atoms with Crippen LogP contribution < -0.4 is 10.9 Å². The summed E-state index contributed by atoms with van der Waals surface area (Å²) in [5.41, 5.74) is 0.495. The van der Waals surface area contributed by atoms with Crippen LogP contribution in [0.25, 0.3) is 10.9 Å². The van der Waals surface area contributed by atoms with Crippen LogP contribution in [0.3, 0.4) is 0 Å². The highest BCUT2D eigenvalue weighted by Gasteiger charge is 2.09. The van der Waals surface area contributed by atoms with Crippen molar-refractivity contribution in [2.45, 2.75) is 13.0 Å². The molecule has 0 spiro atoms. The smallest absolute Gasteiger partial charge is 0.277 e. The largest absolute Gasteiger partial charge is 0.325 e. The van der Waals surface area contributed by atoms with Gasteiger partial charge in [0.05, 0.1) is 22.6 Å². The van der Waals surface area contributed by atoms with Gasteiger partial charge in [0, 0.05) is 6.42 Å². The Morgan fingerprint density at radius 2 is 2.04 bits per heavy atom. The van der Waals surface area contributed by atoms with Crippen molar-refractivity contribution in [3.8, 4) is 0 Å². The number of rotatable bonds is 4. The number of hydrogen-bond donors (Lipinski definition) is 1. The average Bonchev–Trinajstić information content (AvgIpc) is 2.57. The predicted molar refractivity (Wildman–Crippen MR) is 88.5 cm³/mol. The minimum atomic E-state index is -0.490. The average molecular weight is 347 g/mol. The molecule has 1 N–H and O–H groups in total. The first-order valence-corrected chi connectivity index (χ1v) is 7.50. The van der Waals surface area contributed by atoms with Crippen LogP contribution in [0.4, 0.5) is 10.1 Å². The molecule has 0 bridgehead atoms. The molecular weight excluding hydrogens is 335 g/mol. The van der Waals surface area contributed by atoms with E-state index in [-0.39, 0.29) is 29.5 Å². The van der Waals surface area contributed by atoms with Crippen molar-refractivity contribution < 1.29 is 9.18 Å². The fourth-order valence-corrected chi connectivity index (χ4v) is 2.40. The maximum absolute atomic E-state index is 13.0. The van der Waals surface area contributed by atoms with Crippen LogP contribution in [0, 0.1) is 5.82 Å². The first-order valence-electron chi connectivity index (χ1n) is 7.12. The number of carbonyl (C=O) groups excluding carboxylic acids is 1. The number of carbonyl (C=O) groups is 1. The number of hydrogen-bond acceptors (Lipinski definition) is 4. The molecule has 3 aromatic rings. The van der Waals surface area contributed by atoms with E-state index in [4.69, 9.17) is 11.6 Å². The number of nitrogens with one attached hydrogen (secondary N) is 1. The minimum absolute atomic E-state index is 0.000627. The third kappa shape index (κ3) is 3.41. The lowest BCUT2D eigenvalue weighted by molar-refractivity contribution is -0.116. The van der Waals surface area contributed by atoms with Crippen LogP contribution in [0.5, 0.6) is 0 Å². The van der Waals surface area contributed by atoms with Gasteiger partial charge in [0.25, 0.3) is 5.56 Å². The van der Waals surface area contributed by atoms with Crippen molar-refractivity contribution in [1.29, 1.82) is 0 Å². The Bertz CT molecular complexity index is 974. The number of benzene rings is 2. The number of anilines is 1. The lowest BCUT2D eigenvalue weighted by atomic mass is 10.2. The predicted octanol–water partition coefficient (Wildman–Crippen LogP) is 2.61. The van der Waals surface area contributed by atoms with Crippen LogP contribution in [0.1, 0.15) is 6.42 Å². The summed E-state index contributed by atoms with van der Waals surface area (Å²) in [6.45, 7) is 0.0707. The molecule has 0 aliphatic carbocycles. The van der Waals surface area contributed by atoms with Gasteiger partial charge in [0.1, 0.15) is 11.3 Å². The summed E-state index contributed by atoms with van der Waals surface area (Å²) in [7, 11) is 0. The quantitative estimate of drug-likeness (QED) is 0.787. The van der Waals surface area contributed by atoms with Crippen LogP contribution in [0.2, 0.25) is 5.02 Å². The van der Waals surface area contributed by atoms with E-state index in [1.807, 2.05) is 0 Å². The molecule has 2 aromatic carbocycles. The zero-order valence-electron chi connectivity index (χ0n) is 12.4. The van der Waals surface area contributed by atoms with Crippen molar-refractivity contribution in [2.75, 3.05) is 5.32 Å². The number of nitrogens with zero attached hydrogens (tertiary/aromatic N) is 3. The molecule has 1 amide bonds. The van der Waals surface area contributed by atoms with Gasteiger partial charge in [-0.2, -0.15) is 0 Å². The number of aromatic nitrogens is 3. The van der Waals surface area contributed by atoms with E-state index in [1.54, 1.807) is 24.3 Å². The van der Waals surface area contributed by atoms with Gasteiger partial charge in [0.2, 0.25) is 5.91 Å². The molecule has 1 heterocycles. The summed E-state index contributed by atoms with van der Waals surface area (Å²) < 4.78 is 14.1. The highest BCUT2D eigenvalue weighted by atomic mass is 35.5. The first-order chi connectivity index (χ1) is 11.5. The molecule has 1 aromatic heterocycles. The van der Waals surface area contributed by atoms with Gasteiger partial charge in [-0.25, -0.2) is 9.07 Å². The van der Waals surface area contributed by atoms with E-state index in [0.29, 0.717) is 16.6 Å². The van der Waals surface area contributed by atoms with Gasteiger partial charge < -0.3 is 5.32 Å². The van der Waals surface area contributed by atoms with Crippen molar-refractivity contribution in [3.63, 3.8) is 0 Å². The molecule has 122 valence electrons. The first kappa shape index (κ1) is 16.1. The highest BCUT2D eigenvalue weighted by molar-refractivity contribution is 6.33. The lowest BCUT2D eigenvalue weighted by Gasteiger charge is -2.08. The molecule has 0 saturated carbocycles. The number of fused-ring (bicyclic) bond motifs is 1. The van der Waals surface area contributed by atoms with Crippen LogP contribution in [0.15, 0.2) is 47.3 Å². The second kappa shape index (κ2) is 6.76. The third-order valence-electron chi connectivity index (χ3n) is 3.39. The summed E-state index contributed by atoms with van der Waals surface area (Å²) in [6, 6.07) is 10.5. The molecule has 0 aliphatic rings. The van der Waals surface area contributed by atoms with E-state index in [2.05, 4.69) is 15.6 Å². The second-order valence-electron chi connectivity index (χ2n) is 5.06. The Balaban J connectivity index is 1.70. The number of aryl methyl sites for hydroxylation is 1. The molecule has 24 heavy (non-hydrogen) atoms. The molecule has 0 fully saturated rings. The molecular formula is C16H12ClFN4O2. The van der Waals surface area contributed by atoms with Gasteiger partial charge in [-0.15, -0.1) is 5.10 Å². The monoisotopic (exact) mass is 346 g/mol. The van der Waals surface area contributed by atoms with Gasteiger partial charge in [-0.3, -0.25) is 9.59 Å². The van der Waals surface area contributed by atoms with Crippen molar-refractivity contribution in [2.24, 2.45) is 0 Å². The van der Waals surface area contributed by atoms with E-state index in [9.17, 15) is 14.0 Å². The molecule has 0 saturated heterocycles. The van der Waals surface area contributed by atoms with Gasteiger partial charge in [-0.1, -0.05) is 28.9 Å². The van der Waals surface area contributed by atoms with E-state index in [0.717, 1.165) is 10.7 Å². The van der Waals surface area contributed by atoms with Crippen molar-refractivity contribution >= 4 is 34.1 Å². The highest BCUT2D eigenvalue weighted by Crippen LogP contribution is 2.22. The number of halogens is 2. The summed E-state index contributed by atoms with van der Waals surface area (Å²) in [5.74, 6) is -0.860. The van der Waals surface area contributed by atoms with Crippen molar-refractivity contribution in [3.05, 3.63) is 63.7 Å².